The number of aryl methyl sites for hydroxylation is 1. The highest BCUT2D eigenvalue weighted by atomic mass is 16.5. The number of hydrogen-bond donors (Lipinski definition) is 1. The average molecular weight is 256 g/mol. The van der Waals surface area contributed by atoms with Gasteiger partial charge in [0.1, 0.15) is 5.75 Å². The van der Waals surface area contributed by atoms with Crippen molar-refractivity contribution in [2.45, 2.75) is 13.3 Å². The minimum atomic E-state index is 0.128. The average Bonchev–Trinajstić information content (AvgIpc) is 2.46. The minimum Gasteiger partial charge on any atom is -0.493 e. The van der Waals surface area contributed by atoms with Crippen LogP contribution in [-0.2, 0) is 6.42 Å². The molecule has 0 aliphatic rings. The fourth-order valence-corrected chi connectivity index (χ4v) is 1.97. The molecule has 100 valence electrons. The summed E-state index contributed by atoms with van der Waals surface area (Å²) in [6, 6.07) is 18.2. The van der Waals surface area contributed by atoms with E-state index in [4.69, 9.17) is 4.74 Å². The lowest BCUT2D eigenvalue weighted by molar-refractivity contribution is 0.162. The molecule has 0 radical (unpaired) electrons. The van der Waals surface area contributed by atoms with Crippen molar-refractivity contribution in [2.75, 3.05) is 13.2 Å². The molecule has 0 saturated heterocycles. The zero-order valence-electron chi connectivity index (χ0n) is 11.3. The second-order valence-corrected chi connectivity index (χ2v) is 4.86. The molecule has 2 heteroatoms. The molecule has 1 atom stereocenters. The standard InChI is InChI=1S/C17H20O2/c1-14-7-9-17(10-8-14)19-13-16(12-18)11-15-5-3-2-4-6-15/h2-10,16,18H,11-13H2,1H3. The van der Waals surface area contributed by atoms with Gasteiger partial charge in [-0.25, -0.2) is 0 Å². The third-order valence-electron chi connectivity index (χ3n) is 3.13. The van der Waals surface area contributed by atoms with Gasteiger partial charge in [-0.3, -0.25) is 0 Å². The lowest BCUT2D eigenvalue weighted by Crippen LogP contribution is -2.18. The molecule has 0 amide bonds. The number of aliphatic hydroxyl groups excluding tert-OH is 1. The van der Waals surface area contributed by atoms with Crippen LogP contribution in [0.4, 0.5) is 0 Å². The van der Waals surface area contributed by atoms with Gasteiger partial charge in [0, 0.05) is 12.5 Å². The molecule has 2 nitrogen and oxygen atoms in total. The Balaban J connectivity index is 1.87. The summed E-state index contributed by atoms with van der Waals surface area (Å²) < 4.78 is 5.73. The highest BCUT2D eigenvalue weighted by Crippen LogP contribution is 2.14. The van der Waals surface area contributed by atoms with Crippen molar-refractivity contribution < 1.29 is 9.84 Å². The topological polar surface area (TPSA) is 29.5 Å². The van der Waals surface area contributed by atoms with Gasteiger partial charge in [-0.2, -0.15) is 0 Å². The molecule has 0 fully saturated rings. The first-order valence-electron chi connectivity index (χ1n) is 6.62. The van der Waals surface area contributed by atoms with Crippen molar-refractivity contribution in [1.82, 2.24) is 0 Å². The van der Waals surface area contributed by atoms with Crippen LogP contribution in [0.3, 0.4) is 0 Å². The predicted molar refractivity (Wildman–Crippen MR) is 77.4 cm³/mol. The van der Waals surface area contributed by atoms with E-state index in [2.05, 4.69) is 19.1 Å². The van der Waals surface area contributed by atoms with Crippen LogP contribution in [0.2, 0.25) is 0 Å². The number of rotatable bonds is 6. The number of ether oxygens (including phenoxy) is 1. The van der Waals surface area contributed by atoms with E-state index in [0.717, 1.165) is 12.2 Å². The van der Waals surface area contributed by atoms with Gasteiger partial charge in [0.05, 0.1) is 6.61 Å². The van der Waals surface area contributed by atoms with E-state index in [1.165, 1.54) is 11.1 Å². The summed E-state index contributed by atoms with van der Waals surface area (Å²) in [4.78, 5) is 0. The number of aliphatic hydroxyl groups is 1. The van der Waals surface area contributed by atoms with Gasteiger partial charge in [0.25, 0.3) is 0 Å². The maximum absolute atomic E-state index is 9.43. The molecule has 2 aromatic carbocycles. The van der Waals surface area contributed by atoms with Crippen molar-refractivity contribution in [3.8, 4) is 5.75 Å². The fourth-order valence-electron chi connectivity index (χ4n) is 1.97. The summed E-state index contributed by atoms with van der Waals surface area (Å²) in [7, 11) is 0. The van der Waals surface area contributed by atoms with Gasteiger partial charge < -0.3 is 9.84 Å². The van der Waals surface area contributed by atoms with E-state index < -0.39 is 0 Å². The summed E-state index contributed by atoms with van der Waals surface area (Å²) in [6.07, 6.45) is 0.837. The predicted octanol–water partition coefficient (Wildman–Crippen LogP) is 3.23. The zero-order chi connectivity index (χ0) is 13.5. The van der Waals surface area contributed by atoms with E-state index in [9.17, 15) is 5.11 Å². The third-order valence-corrected chi connectivity index (χ3v) is 3.13. The second kappa shape index (κ2) is 6.95. The fraction of sp³-hybridized carbons (Fsp3) is 0.294. The van der Waals surface area contributed by atoms with Crippen molar-refractivity contribution in [3.63, 3.8) is 0 Å². The van der Waals surface area contributed by atoms with Crippen LogP contribution in [-0.4, -0.2) is 18.3 Å². The Morgan fingerprint density at radius 2 is 1.68 bits per heavy atom. The van der Waals surface area contributed by atoms with Crippen molar-refractivity contribution in [3.05, 3.63) is 65.7 Å². The first kappa shape index (κ1) is 13.6. The molecule has 2 rings (SSSR count). The third kappa shape index (κ3) is 4.42. The van der Waals surface area contributed by atoms with Gasteiger partial charge in [0.2, 0.25) is 0 Å². The molecule has 0 aliphatic heterocycles. The summed E-state index contributed by atoms with van der Waals surface area (Å²) in [6.45, 7) is 2.73. The van der Waals surface area contributed by atoms with Crippen LogP contribution in [0, 0.1) is 12.8 Å². The second-order valence-electron chi connectivity index (χ2n) is 4.86. The van der Waals surface area contributed by atoms with Gasteiger partial charge in [0.15, 0.2) is 0 Å². The molecule has 1 unspecified atom stereocenters. The van der Waals surface area contributed by atoms with Gasteiger partial charge >= 0.3 is 0 Å². The SMILES string of the molecule is Cc1ccc(OCC(CO)Cc2ccccc2)cc1. The van der Waals surface area contributed by atoms with E-state index >= 15 is 0 Å². The Kier molecular flexibility index (Phi) is 4.99. The van der Waals surface area contributed by atoms with Gasteiger partial charge in [-0.15, -0.1) is 0 Å². The van der Waals surface area contributed by atoms with Gasteiger partial charge in [-0.05, 0) is 31.0 Å². The quantitative estimate of drug-likeness (QED) is 0.860. The van der Waals surface area contributed by atoms with Crippen LogP contribution in [0.5, 0.6) is 5.75 Å². The Labute approximate surface area is 114 Å². The Morgan fingerprint density at radius 1 is 1.00 bits per heavy atom. The summed E-state index contributed by atoms with van der Waals surface area (Å²) >= 11 is 0. The maximum atomic E-state index is 9.43. The summed E-state index contributed by atoms with van der Waals surface area (Å²) in [5, 5.41) is 9.43. The van der Waals surface area contributed by atoms with E-state index in [1.807, 2.05) is 42.5 Å². The first-order chi connectivity index (χ1) is 9.28. The highest BCUT2D eigenvalue weighted by molar-refractivity contribution is 5.26. The van der Waals surface area contributed by atoms with Crippen molar-refractivity contribution in [2.24, 2.45) is 5.92 Å². The molecule has 2 aromatic rings. The zero-order valence-corrected chi connectivity index (χ0v) is 11.3. The minimum absolute atomic E-state index is 0.128. The van der Waals surface area contributed by atoms with Crippen LogP contribution in [0.15, 0.2) is 54.6 Å². The van der Waals surface area contributed by atoms with E-state index in [0.29, 0.717) is 6.61 Å². The van der Waals surface area contributed by atoms with Crippen LogP contribution >= 0.6 is 0 Å². The van der Waals surface area contributed by atoms with Crippen LogP contribution < -0.4 is 4.74 Å². The normalized spacial score (nSPS) is 12.1. The largest absolute Gasteiger partial charge is 0.493 e. The lowest BCUT2D eigenvalue weighted by atomic mass is 10.0. The van der Waals surface area contributed by atoms with Crippen molar-refractivity contribution >= 4 is 0 Å². The van der Waals surface area contributed by atoms with Crippen LogP contribution in [0.1, 0.15) is 11.1 Å². The molecule has 1 N–H and O–H groups in total. The lowest BCUT2D eigenvalue weighted by Gasteiger charge is -2.15. The monoisotopic (exact) mass is 256 g/mol. The summed E-state index contributed by atoms with van der Waals surface area (Å²) in [5.74, 6) is 0.987. The molecule has 0 saturated carbocycles. The smallest absolute Gasteiger partial charge is 0.119 e. The molecule has 0 spiro atoms. The maximum Gasteiger partial charge on any atom is 0.119 e. The molecule has 0 aromatic heterocycles. The molecular formula is C17H20O2. The number of benzene rings is 2. The van der Waals surface area contributed by atoms with Gasteiger partial charge in [-0.1, -0.05) is 48.0 Å². The molecule has 19 heavy (non-hydrogen) atoms. The Bertz CT molecular complexity index is 476. The molecule has 0 aliphatic carbocycles. The van der Waals surface area contributed by atoms with Crippen molar-refractivity contribution in [1.29, 1.82) is 0 Å². The van der Waals surface area contributed by atoms with E-state index in [1.54, 1.807) is 0 Å². The van der Waals surface area contributed by atoms with Crippen LogP contribution in [0.25, 0.3) is 0 Å². The molecule has 0 bridgehead atoms. The van der Waals surface area contributed by atoms with E-state index in [-0.39, 0.29) is 12.5 Å². The number of hydrogen-bond acceptors (Lipinski definition) is 2. The molecule has 0 heterocycles. The summed E-state index contributed by atoms with van der Waals surface area (Å²) in [5.41, 5.74) is 2.45. The molecular weight excluding hydrogens is 236 g/mol. The Hall–Kier alpha value is -1.80. The first-order valence-corrected chi connectivity index (χ1v) is 6.62. The Morgan fingerprint density at radius 3 is 2.32 bits per heavy atom. The highest BCUT2D eigenvalue weighted by Gasteiger charge is 2.09.